The van der Waals surface area contributed by atoms with Gasteiger partial charge in [-0.1, -0.05) is 25.9 Å². The maximum atomic E-state index is 12.9. The van der Waals surface area contributed by atoms with Gasteiger partial charge in [0.05, 0.1) is 5.69 Å². The summed E-state index contributed by atoms with van der Waals surface area (Å²) in [5, 5.41) is 11.3. The van der Waals surface area contributed by atoms with Crippen LogP contribution >= 0.6 is 0 Å². The number of carbonyl (C=O) groups excluding carboxylic acids is 1. The van der Waals surface area contributed by atoms with Gasteiger partial charge in [0.1, 0.15) is 5.82 Å². The monoisotopic (exact) mass is 403 g/mol. The van der Waals surface area contributed by atoms with Crippen LogP contribution in [0.25, 0.3) is 17.4 Å². The first kappa shape index (κ1) is 19.4. The molecule has 0 fully saturated rings. The molecule has 0 bridgehead atoms. The van der Waals surface area contributed by atoms with Crippen LogP contribution in [0.2, 0.25) is 0 Å². The highest BCUT2D eigenvalue weighted by molar-refractivity contribution is 6.04. The van der Waals surface area contributed by atoms with E-state index in [2.05, 4.69) is 51.3 Å². The van der Waals surface area contributed by atoms with Crippen LogP contribution in [0, 0.1) is 6.92 Å². The summed E-state index contributed by atoms with van der Waals surface area (Å²) in [7, 11) is 0. The molecule has 30 heavy (non-hydrogen) atoms. The number of nitrogens with zero attached hydrogens (tertiary/aromatic N) is 6. The van der Waals surface area contributed by atoms with Gasteiger partial charge < -0.3 is 9.84 Å². The molecule has 0 saturated carbocycles. The zero-order chi connectivity index (χ0) is 21.3. The van der Waals surface area contributed by atoms with Gasteiger partial charge in [-0.3, -0.25) is 4.79 Å². The van der Waals surface area contributed by atoms with Crippen LogP contribution in [-0.4, -0.2) is 35.8 Å². The number of carbonyl (C=O) groups is 1. The molecule has 3 heterocycles. The number of benzene rings is 1. The van der Waals surface area contributed by atoms with Gasteiger partial charge in [-0.15, -0.1) is 0 Å². The second kappa shape index (κ2) is 7.51. The summed E-state index contributed by atoms with van der Waals surface area (Å²) in [6, 6.07) is 10.5. The van der Waals surface area contributed by atoms with Crippen LogP contribution in [0.5, 0.6) is 0 Å². The van der Waals surface area contributed by atoms with Gasteiger partial charge in [0.15, 0.2) is 5.82 Å². The number of hydrogen-bond acceptors (Lipinski definition) is 7. The second-order valence-electron chi connectivity index (χ2n) is 7.80. The van der Waals surface area contributed by atoms with Crippen molar-refractivity contribution in [1.29, 1.82) is 0 Å². The van der Waals surface area contributed by atoms with Crippen molar-refractivity contribution in [2.75, 3.05) is 5.32 Å². The molecule has 1 aromatic carbocycles. The van der Waals surface area contributed by atoms with Crippen molar-refractivity contribution in [3.63, 3.8) is 0 Å². The third-order valence-electron chi connectivity index (χ3n) is 4.38. The smallest absolute Gasteiger partial charge is 0.257 e. The zero-order valence-corrected chi connectivity index (χ0v) is 17.1. The Kier molecular flexibility index (Phi) is 4.86. The Morgan fingerprint density at radius 3 is 2.40 bits per heavy atom. The van der Waals surface area contributed by atoms with Crippen LogP contribution < -0.4 is 5.32 Å². The van der Waals surface area contributed by atoms with Gasteiger partial charge >= 0.3 is 0 Å². The van der Waals surface area contributed by atoms with E-state index in [9.17, 15) is 4.79 Å². The van der Waals surface area contributed by atoms with Crippen molar-refractivity contribution in [3.05, 3.63) is 65.9 Å². The van der Waals surface area contributed by atoms with Gasteiger partial charge in [0.25, 0.3) is 17.7 Å². The number of hydrogen-bond donors (Lipinski definition) is 1. The highest BCUT2D eigenvalue weighted by Crippen LogP contribution is 2.26. The Bertz CT molecular complexity index is 1170. The van der Waals surface area contributed by atoms with Crippen molar-refractivity contribution >= 4 is 11.7 Å². The highest BCUT2D eigenvalue weighted by atomic mass is 16.5. The lowest BCUT2D eigenvalue weighted by molar-refractivity contribution is 0.102. The normalized spacial score (nSPS) is 11.5. The molecule has 0 aliphatic heterocycles. The van der Waals surface area contributed by atoms with Crippen LogP contribution in [0.3, 0.4) is 0 Å². The molecule has 0 aliphatic carbocycles. The molecular formula is C21H21N7O2. The molecule has 0 saturated heterocycles. The predicted molar refractivity (Wildman–Crippen MR) is 110 cm³/mol. The number of amides is 1. The van der Waals surface area contributed by atoms with Gasteiger partial charge in [-0.25, -0.2) is 9.97 Å². The minimum atomic E-state index is -0.277. The average molecular weight is 403 g/mol. The topological polar surface area (TPSA) is 112 Å². The zero-order valence-electron chi connectivity index (χ0n) is 17.1. The molecule has 9 heteroatoms. The van der Waals surface area contributed by atoms with Gasteiger partial charge in [-0.05, 0) is 37.3 Å². The molecule has 0 aliphatic rings. The molecule has 9 nitrogen and oxygen atoms in total. The molecule has 0 unspecified atom stereocenters. The fraction of sp³-hybridized carbons (Fsp3) is 0.238. The predicted octanol–water partition coefficient (Wildman–Crippen LogP) is 3.57. The number of nitrogens with one attached hydrogen (secondary N) is 1. The lowest BCUT2D eigenvalue weighted by atomic mass is 9.92. The maximum Gasteiger partial charge on any atom is 0.257 e. The third-order valence-corrected chi connectivity index (χ3v) is 4.38. The lowest BCUT2D eigenvalue weighted by Gasteiger charge is -2.13. The molecule has 1 N–H and O–H groups in total. The summed E-state index contributed by atoms with van der Waals surface area (Å²) in [6.07, 6.45) is 3.26. The molecule has 4 aromatic rings. The van der Waals surface area contributed by atoms with E-state index in [1.54, 1.807) is 49.6 Å². The summed E-state index contributed by atoms with van der Waals surface area (Å²) in [5.41, 5.74) is 1.83. The average Bonchev–Trinajstić information content (AvgIpc) is 3.35. The first-order valence-electron chi connectivity index (χ1n) is 9.41. The highest BCUT2D eigenvalue weighted by Gasteiger charge is 2.22. The molecular weight excluding hydrogens is 382 g/mol. The van der Waals surface area contributed by atoms with E-state index in [1.165, 1.54) is 4.68 Å². The van der Waals surface area contributed by atoms with Gasteiger partial charge in [-0.2, -0.15) is 14.8 Å². The molecule has 0 spiro atoms. The number of aromatic nitrogens is 6. The first-order chi connectivity index (χ1) is 14.3. The Morgan fingerprint density at radius 1 is 1.10 bits per heavy atom. The quantitative estimate of drug-likeness (QED) is 0.554. The molecule has 4 rings (SSSR count). The minimum absolute atomic E-state index is 0.205. The van der Waals surface area contributed by atoms with Gasteiger partial charge in [0.2, 0.25) is 0 Å². The fourth-order valence-corrected chi connectivity index (χ4v) is 2.76. The van der Waals surface area contributed by atoms with E-state index in [0.717, 1.165) is 11.3 Å². The Morgan fingerprint density at radius 2 is 1.80 bits per heavy atom. The van der Waals surface area contributed by atoms with Crippen LogP contribution in [-0.2, 0) is 5.41 Å². The Balaban J connectivity index is 1.62. The summed E-state index contributed by atoms with van der Waals surface area (Å²) >= 11 is 0. The fourth-order valence-electron chi connectivity index (χ4n) is 2.76. The molecule has 152 valence electrons. The first-order valence-corrected chi connectivity index (χ1v) is 9.41. The van der Waals surface area contributed by atoms with E-state index in [-0.39, 0.29) is 11.3 Å². The molecule has 1 amide bonds. The van der Waals surface area contributed by atoms with Gasteiger partial charge in [0, 0.05) is 35.0 Å². The summed E-state index contributed by atoms with van der Waals surface area (Å²) in [4.78, 5) is 25.5. The van der Waals surface area contributed by atoms with Crippen molar-refractivity contribution in [1.82, 2.24) is 29.9 Å². The standard InChI is InChI=1S/C21H21N7O2/c1-13-24-19(30-27-13)15-8-6-14(7-9-15)18(29)25-17-12-16(21(2,3)4)26-28(17)20-22-10-5-11-23-20/h5-12H,1-4H3,(H,25,29). The van der Waals surface area contributed by atoms with E-state index in [4.69, 9.17) is 4.52 Å². The largest absolute Gasteiger partial charge is 0.334 e. The lowest BCUT2D eigenvalue weighted by Crippen LogP contribution is -2.16. The number of aryl methyl sites for hydroxylation is 1. The van der Waals surface area contributed by atoms with E-state index < -0.39 is 0 Å². The second-order valence-corrected chi connectivity index (χ2v) is 7.80. The Hall–Kier alpha value is -3.88. The molecule has 3 aromatic heterocycles. The van der Waals surface area contributed by atoms with E-state index >= 15 is 0 Å². The van der Waals surface area contributed by atoms with E-state index in [0.29, 0.717) is 29.0 Å². The van der Waals surface area contributed by atoms with Crippen molar-refractivity contribution in [2.24, 2.45) is 0 Å². The van der Waals surface area contributed by atoms with Crippen LogP contribution in [0.15, 0.2) is 53.3 Å². The van der Waals surface area contributed by atoms with Crippen LogP contribution in [0.4, 0.5) is 5.82 Å². The number of anilines is 1. The SMILES string of the molecule is Cc1noc(-c2ccc(C(=O)Nc3cc(C(C)(C)C)nn3-c3ncccn3)cc2)n1. The molecule has 0 radical (unpaired) electrons. The summed E-state index contributed by atoms with van der Waals surface area (Å²) in [5.74, 6) is 1.56. The minimum Gasteiger partial charge on any atom is -0.334 e. The van der Waals surface area contributed by atoms with E-state index in [1.807, 2.05) is 6.07 Å². The molecule has 0 atom stereocenters. The van der Waals surface area contributed by atoms with Crippen molar-refractivity contribution in [3.8, 4) is 17.4 Å². The summed E-state index contributed by atoms with van der Waals surface area (Å²) in [6.45, 7) is 7.90. The maximum absolute atomic E-state index is 12.9. The van der Waals surface area contributed by atoms with Crippen LogP contribution in [0.1, 0.15) is 42.6 Å². The van der Waals surface area contributed by atoms with Crippen molar-refractivity contribution < 1.29 is 9.32 Å². The van der Waals surface area contributed by atoms with Crippen molar-refractivity contribution in [2.45, 2.75) is 33.1 Å². The summed E-state index contributed by atoms with van der Waals surface area (Å²) < 4.78 is 6.69. The third kappa shape index (κ3) is 3.95. The Labute approximate surface area is 173 Å². The number of rotatable bonds is 4.